The number of aryl methyl sites for hydroxylation is 3. The number of nitrogens with one attached hydrogen (secondary N) is 1. The Labute approximate surface area is 203 Å². The Morgan fingerprint density at radius 1 is 1.09 bits per heavy atom. The number of halogens is 1. The molecule has 1 aromatic heterocycles. The fourth-order valence-corrected chi connectivity index (χ4v) is 5.41. The first-order chi connectivity index (χ1) is 16.3. The van der Waals surface area contributed by atoms with Crippen molar-refractivity contribution in [2.24, 2.45) is 0 Å². The molecular formula is C27H26ClN3O3. The van der Waals surface area contributed by atoms with E-state index in [0.29, 0.717) is 17.0 Å². The van der Waals surface area contributed by atoms with Gasteiger partial charge in [0.25, 0.3) is 5.91 Å². The molecule has 174 valence electrons. The second kappa shape index (κ2) is 8.44. The molecule has 1 spiro atoms. The van der Waals surface area contributed by atoms with Gasteiger partial charge in [0.2, 0.25) is 0 Å². The number of fused-ring (bicyclic) bond motifs is 2. The van der Waals surface area contributed by atoms with Crippen LogP contribution in [-0.4, -0.2) is 33.7 Å². The number of hydrogen-bond donors (Lipinski definition) is 1. The normalized spacial score (nSPS) is 19.1. The van der Waals surface area contributed by atoms with Crippen molar-refractivity contribution in [3.05, 3.63) is 93.3 Å². The van der Waals surface area contributed by atoms with E-state index < -0.39 is 11.6 Å². The number of benzene rings is 2. The summed E-state index contributed by atoms with van der Waals surface area (Å²) in [5.41, 5.74) is 4.35. The quantitative estimate of drug-likeness (QED) is 0.419. The van der Waals surface area contributed by atoms with Crippen molar-refractivity contribution >= 4 is 29.3 Å². The van der Waals surface area contributed by atoms with Gasteiger partial charge in [-0.05, 0) is 68.0 Å². The molecule has 6 nitrogen and oxygen atoms in total. The van der Waals surface area contributed by atoms with Crippen molar-refractivity contribution in [1.82, 2.24) is 14.8 Å². The number of imide groups is 1. The summed E-state index contributed by atoms with van der Waals surface area (Å²) in [6.07, 6.45) is 2.04. The van der Waals surface area contributed by atoms with Gasteiger partial charge in [-0.15, -0.1) is 0 Å². The number of Topliss-reactive ketones (excluding diaryl/α,β-unsaturated/α-hetero) is 1. The number of hydrogen-bond acceptors (Lipinski definition) is 3. The summed E-state index contributed by atoms with van der Waals surface area (Å²) < 4.78 is 2.10. The van der Waals surface area contributed by atoms with Crippen molar-refractivity contribution in [2.75, 3.05) is 6.54 Å². The number of carbonyl (C=O) groups excluding carboxylic acids is 3. The van der Waals surface area contributed by atoms with Crippen LogP contribution < -0.4 is 5.32 Å². The number of nitrogens with zero attached hydrogens (tertiary/aromatic N) is 2. The summed E-state index contributed by atoms with van der Waals surface area (Å²) in [4.78, 5) is 40.5. The number of amides is 3. The Balaban J connectivity index is 1.33. The molecule has 1 aliphatic carbocycles. The lowest BCUT2D eigenvalue weighted by Crippen LogP contribution is -2.42. The molecule has 2 heterocycles. The van der Waals surface area contributed by atoms with E-state index in [2.05, 4.69) is 9.88 Å². The van der Waals surface area contributed by atoms with E-state index in [4.69, 9.17) is 11.6 Å². The summed E-state index contributed by atoms with van der Waals surface area (Å²) in [7, 11) is 0. The summed E-state index contributed by atoms with van der Waals surface area (Å²) >= 11 is 5.97. The Morgan fingerprint density at radius 2 is 1.82 bits per heavy atom. The van der Waals surface area contributed by atoms with Crippen molar-refractivity contribution in [3.63, 3.8) is 0 Å². The minimum absolute atomic E-state index is 0.238. The Hall–Kier alpha value is -3.38. The summed E-state index contributed by atoms with van der Waals surface area (Å²) in [5.74, 6) is -0.579. The smallest absolute Gasteiger partial charge is 0.325 e. The van der Waals surface area contributed by atoms with E-state index in [9.17, 15) is 14.4 Å². The van der Waals surface area contributed by atoms with Gasteiger partial charge in [-0.3, -0.25) is 14.5 Å². The maximum absolute atomic E-state index is 13.4. The second-order valence-corrected chi connectivity index (χ2v) is 9.56. The number of aromatic nitrogens is 1. The summed E-state index contributed by atoms with van der Waals surface area (Å²) in [6.45, 7) is 4.32. The molecule has 1 atom stereocenters. The van der Waals surface area contributed by atoms with Crippen LogP contribution in [0.5, 0.6) is 0 Å². The fourth-order valence-electron chi connectivity index (χ4n) is 5.28. The molecule has 0 bridgehead atoms. The van der Waals surface area contributed by atoms with Crippen LogP contribution in [0.1, 0.15) is 44.9 Å². The molecule has 34 heavy (non-hydrogen) atoms. The van der Waals surface area contributed by atoms with E-state index in [1.807, 2.05) is 68.4 Å². The van der Waals surface area contributed by atoms with Crippen LogP contribution in [0.4, 0.5) is 4.79 Å². The SMILES string of the molecule is Cc1cc(C(=O)CN2C(=O)NC3(CCc4ccccc43)C2=O)c(C)n1CCc1ccc(Cl)cc1. The average Bonchev–Trinajstić information content (AvgIpc) is 3.42. The Morgan fingerprint density at radius 3 is 2.59 bits per heavy atom. The van der Waals surface area contributed by atoms with Gasteiger partial charge < -0.3 is 9.88 Å². The topological polar surface area (TPSA) is 71.4 Å². The molecule has 7 heteroatoms. The average molecular weight is 476 g/mol. The minimum atomic E-state index is -1.05. The fraction of sp³-hybridized carbons (Fsp3) is 0.296. The van der Waals surface area contributed by atoms with Crippen LogP contribution in [0, 0.1) is 13.8 Å². The zero-order valence-corrected chi connectivity index (χ0v) is 20.0. The molecule has 1 unspecified atom stereocenters. The molecule has 1 aliphatic heterocycles. The lowest BCUT2D eigenvalue weighted by atomic mass is 9.92. The van der Waals surface area contributed by atoms with Gasteiger partial charge in [-0.1, -0.05) is 48.0 Å². The minimum Gasteiger partial charge on any atom is -0.348 e. The van der Waals surface area contributed by atoms with Crippen molar-refractivity contribution in [1.29, 1.82) is 0 Å². The predicted octanol–water partition coefficient (Wildman–Crippen LogP) is 4.58. The number of rotatable bonds is 6. The first-order valence-electron chi connectivity index (χ1n) is 11.5. The van der Waals surface area contributed by atoms with Gasteiger partial charge in [0, 0.05) is 28.5 Å². The first kappa shape index (κ1) is 22.4. The largest absolute Gasteiger partial charge is 0.348 e. The maximum atomic E-state index is 13.4. The standard InChI is InChI=1S/C27H26ClN3O3/c1-17-15-22(18(2)30(17)14-12-19-7-9-21(28)10-8-19)24(32)16-31-25(33)27(29-26(31)34)13-11-20-5-3-4-6-23(20)27/h3-10,15H,11-14,16H2,1-2H3,(H,29,34). The van der Waals surface area contributed by atoms with Gasteiger partial charge in [0.15, 0.2) is 5.78 Å². The molecule has 2 aliphatic rings. The zero-order chi connectivity index (χ0) is 24.0. The molecule has 0 saturated carbocycles. The molecular weight excluding hydrogens is 450 g/mol. The number of carbonyl (C=O) groups is 3. The van der Waals surface area contributed by atoms with Gasteiger partial charge in [0.05, 0.1) is 6.54 Å². The van der Waals surface area contributed by atoms with Gasteiger partial charge >= 0.3 is 6.03 Å². The van der Waals surface area contributed by atoms with Crippen LogP contribution in [0.15, 0.2) is 54.6 Å². The highest BCUT2D eigenvalue weighted by Gasteiger charge is 2.55. The third kappa shape index (κ3) is 3.62. The van der Waals surface area contributed by atoms with E-state index in [1.54, 1.807) is 0 Å². The first-order valence-corrected chi connectivity index (χ1v) is 11.8. The molecule has 1 N–H and O–H groups in total. The molecule has 1 saturated heterocycles. The summed E-state index contributed by atoms with van der Waals surface area (Å²) in [5, 5.41) is 3.59. The van der Waals surface area contributed by atoms with Crippen molar-refractivity contribution < 1.29 is 14.4 Å². The lowest BCUT2D eigenvalue weighted by molar-refractivity contribution is -0.131. The highest BCUT2D eigenvalue weighted by molar-refractivity contribution is 6.30. The van der Waals surface area contributed by atoms with E-state index >= 15 is 0 Å². The van der Waals surface area contributed by atoms with Gasteiger partial charge in [-0.25, -0.2) is 4.79 Å². The number of urea groups is 1. The highest BCUT2D eigenvalue weighted by atomic mass is 35.5. The van der Waals surface area contributed by atoms with Crippen LogP contribution >= 0.6 is 11.6 Å². The molecule has 3 amide bonds. The zero-order valence-electron chi connectivity index (χ0n) is 19.2. The highest BCUT2D eigenvalue weighted by Crippen LogP contribution is 2.41. The molecule has 2 aromatic carbocycles. The second-order valence-electron chi connectivity index (χ2n) is 9.12. The molecule has 0 radical (unpaired) electrons. The van der Waals surface area contributed by atoms with Crippen LogP contribution in [0.2, 0.25) is 5.02 Å². The lowest BCUT2D eigenvalue weighted by Gasteiger charge is -2.22. The molecule has 3 aromatic rings. The van der Waals surface area contributed by atoms with E-state index in [0.717, 1.165) is 52.4 Å². The van der Waals surface area contributed by atoms with E-state index in [-0.39, 0.29) is 18.2 Å². The van der Waals surface area contributed by atoms with Crippen molar-refractivity contribution in [2.45, 2.75) is 45.2 Å². The summed E-state index contributed by atoms with van der Waals surface area (Å²) in [6, 6.07) is 16.8. The predicted molar refractivity (Wildman–Crippen MR) is 130 cm³/mol. The van der Waals surface area contributed by atoms with Crippen molar-refractivity contribution in [3.8, 4) is 0 Å². The third-order valence-corrected chi connectivity index (χ3v) is 7.39. The van der Waals surface area contributed by atoms with Gasteiger partial charge in [0.1, 0.15) is 5.54 Å². The Bertz CT molecular complexity index is 1310. The third-order valence-electron chi connectivity index (χ3n) is 7.14. The molecule has 5 rings (SSSR count). The maximum Gasteiger partial charge on any atom is 0.325 e. The van der Waals surface area contributed by atoms with Crippen LogP contribution in [0.25, 0.3) is 0 Å². The van der Waals surface area contributed by atoms with Crippen LogP contribution in [-0.2, 0) is 29.7 Å². The monoisotopic (exact) mass is 475 g/mol. The Kier molecular flexibility index (Phi) is 5.56. The van der Waals surface area contributed by atoms with E-state index in [1.165, 1.54) is 0 Å². The van der Waals surface area contributed by atoms with Crippen LogP contribution in [0.3, 0.4) is 0 Å². The van der Waals surface area contributed by atoms with Gasteiger partial charge in [-0.2, -0.15) is 0 Å². The number of ketones is 1. The molecule has 1 fully saturated rings.